The molecule has 0 aromatic rings. The van der Waals surface area contributed by atoms with Gasteiger partial charge in [-0.25, -0.2) is 0 Å². The molecule has 5 nitrogen and oxygen atoms in total. The number of hydrogen-bond donors (Lipinski definition) is 3. The molecule has 0 saturated heterocycles. The number of amides is 2. The zero-order chi connectivity index (χ0) is 13.4. The zero-order valence-corrected chi connectivity index (χ0v) is 11.1. The maximum Gasteiger partial charge on any atom is 0.220 e. The van der Waals surface area contributed by atoms with Crippen LogP contribution in [0.1, 0.15) is 45.4 Å². The van der Waals surface area contributed by atoms with Crippen LogP contribution < -0.4 is 10.6 Å². The lowest BCUT2D eigenvalue weighted by molar-refractivity contribution is -0.122. The van der Waals surface area contributed by atoms with Crippen molar-refractivity contribution in [2.24, 2.45) is 5.92 Å². The van der Waals surface area contributed by atoms with Gasteiger partial charge in [-0.15, -0.1) is 0 Å². The molecule has 0 aromatic heterocycles. The van der Waals surface area contributed by atoms with Crippen molar-refractivity contribution in [2.75, 3.05) is 13.1 Å². The van der Waals surface area contributed by atoms with Crippen LogP contribution >= 0.6 is 0 Å². The van der Waals surface area contributed by atoms with Gasteiger partial charge in [0, 0.05) is 26.4 Å². The molecule has 0 aromatic carbocycles. The van der Waals surface area contributed by atoms with Gasteiger partial charge in [0.1, 0.15) is 0 Å². The van der Waals surface area contributed by atoms with Crippen molar-refractivity contribution in [1.82, 2.24) is 10.6 Å². The quantitative estimate of drug-likeness (QED) is 0.556. The second-order valence-electron chi connectivity index (χ2n) is 5.09. The molecule has 1 fully saturated rings. The van der Waals surface area contributed by atoms with Gasteiger partial charge in [0.2, 0.25) is 11.8 Å². The lowest BCUT2D eigenvalue weighted by Gasteiger charge is -2.31. The Morgan fingerprint density at radius 1 is 1.17 bits per heavy atom. The molecule has 1 rings (SSSR count). The van der Waals surface area contributed by atoms with Gasteiger partial charge in [0.25, 0.3) is 0 Å². The van der Waals surface area contributed by atoms with Crippen LogP contribution in [0.5, 0.6) is 0 Å². The van der Waals surface area contributed by atoms with Gasteiger partial charge in [-0.3, -0.25) is 9.59 Å². The average Bonchev–Trinajstić information content (AvgIpc) is 2.27. The number of aliphatic hydroxyl groups is 1. The Balaban J connectivity index is 1.86. The van der Waals surface area contributed by atoms with E-state index in [2.05, 4.69) is 10.6 Å². The molecule has 3 N–H and O–H groups in total. The number of carbonyl (C=O) groups is 2. The summed E-state index contributed by atoms with van der Waals surface area (Å²) in [6.45, 7) is 2.89. The Bertz CT molecular complexity index is 275. The summed E-state index contributed by atoms with van der Waals surface area (Å²) in [7, 11) is 0. The Morgan fingerprint density at radius 2 is 1.89 bits per heavy atom. The van der Waals surface area contributed by atoms with Crippen LogP contribution in [0.25, 0.3) is 0 Å². The molecule has 18 heavy (non-hydrogen) atoms. The molecule has 1 aliphatic carbocycles. The number of unbranched alkanes of at least 4 members (excludes halogenated alkanes) is 2. The smallest absolute Gasteiger partial charge is 0.220 e. The van der Waals surface area contributed by atoms with Crippen molar-refractivity contribution < 1.29 is 14.7 Å². The predicted molar refractivity (Wildman–Crippen MR) is 68.9 cm³/mol. The maximum absolute atomic E-state index is 11.5. The summed E-state index contributed by atoms with van der Waals surface area (Å²) < 4.78 is 0. The molecule has 5 heteroatoms. The normalized spacial score (nSPS) is 22.1. The molecule has 1 aliphatic rings. The van der Waals surface area contributed by atoms with Gasteiger partial charge in [-0.05, 0) is 31.6 Å². The minimum Gasteiger partial charge on any atom is -0.393 e. The van der Waals surface area contributed by atoms with Gasteiger partial charge in [-0.1, -0.05) is 6.42 Å². The third kappa shape index (κ3) is 6.59. The van der Waals surface area contributed by atoms with Crippen LogP contribution in [-0.4, -0.2) is 36.1 Å². The summed E-state index contributed by atoms with van der Waals surface area (Å²) in [5.74, 6) is 0.551. The van der Waals surface area contributed by atoms with E-state index in [0.29, 0.717) is 25.4 Å². The molecule has 0 unspecified atom stereocenters. The minimum atomic E-state index is -0.152. The zero-order valence-electron chi connectivity index (χ0n) is 11.1. The van der Waals surface area contributed by atoms with E-state index in [1.54, 1.807) is 0 Å². The third-order valence-corrected chi connectivity index (χ3v) is 3.25. The Kier molecular flexibility index (Phi) is 6.72. The molecule has 0 aliphatic heterocycles. The first-order chi connectivity index (χ1) is 8.58. The van der Waals surface area contributed by atoms with E-state index in [-0.39, 0.29) is 17.9 Å². The Labute approximate surface area is 108 Å². The fraction of sp³-hybridized carbons (Fsp3) is 0.846. The highest BCUT2D eigenvalue weighted by atomic mass is 16.3. The molecule has 0 atom stereocenters. The summed E-state index contributed by atoms with van der Waals surface area (Å²) in [6.07, 6.45) is 4.76. The summed E-state index contributed by atoms with van der Waals surface area (Å²) in [4.78, 5) is 22.1. The van der Waals surface area contributed by atoms with Crippen molar-refractivity contribution in [2.45, 2.75) is 51.6 Å². The van der Waals surface area contributed by atoms with Gasteiger partial charge in [-0.2, -0.15) is 0 Å². The summed E-state index contributed by atoms with van der Waals surface area (Å²) >= 11 is 0. The number of hydrogen-bond acceptors (Lipinski definition) is 3. The number of aliphatic hydroxyl groups excluding tert-OH is 1. The van der Waals surface area contributed by atoms with E-state index in [4.69, 9.17) is 5.11 Å². The fourth-order valence-electron chi connectivity index (χ4n) is 2.07. The monoisotopic (exact) mass is 256 g/mol. The number of rotatable bonds is 8. The van der Waals surface area contributed by atoms with E-state index in [1.807, 2.05) is 0 Å². The molecular formula is C13H24N2O3. The van der Waals surface area contributed by atoms with Crippen molar-refractivity contribution in [3.05, 3.63) is 0 Å². The molecule has 2 amide bonds. The van der Waals surface area contributed by atoms with E-state index in [9.17, 15) is 9.59 Å². The Morgan fingerprint density at radius 3 is 2.50 bits per heavy atom. The van der Waals surface area contributed by atoms with E-state index >= 15 is 0 Å². The molecule has 1 saturated carbocycles. The highest BCUT2D eigenvalue weighted by Crippen LogP contribution is 2.26. The highest BCUT2D eigenvalue weighted by molar-refractivity contribution is 5.75. The average molecular weight is 256 g/mol. The molecule has 0 bridgehead atoms. The first kappa shape index (κ1) is 15.0. The lowest BCUT2D eigenvalue weighted by atomic mass is 9.82. The topological polar surface area (TPSA) is 78.4 Å². The van der Waals surface area contributed by atoms with Gasteiger partial charge in [0.15, 0.2) is 0 Å². The van der Waals surface area contributed by atoms with Crippen molar-refractivity contribution in [3.63, 3.8) is 0 Å². The fourth-order valence-corrected chi connectivity index (χ4v) is 2.07. The van der Waals surface area contributed by atoms with Gasteiger partial charge >= 0.3 is 0 Å². The number of carbonyl (C=O) groups excluding carboxylic acids is 2. The van der Waals surface area contributed by atoms with Crippen LogP contribution in [0.4, 0.5) is 0 Å². The predicted octanol–water partition coefficient (Wildman–Crippen LogP) is 0.570. The summed E-state index contributed by atoms with van der Waals surface area (Å²) in [5.41, 5.74) is 0. The minimum absolute atomic E-state index is 0.00423. The maximum atomic E-state index is 11.5. The van der Waals surface area contributed by atoms with E-state index < -0.39 is 0 Å². The summed E-state index contributed by atoms with van der Waals surface area (Å²) in [6, 6.07) is 0. The highest BCUT2D eigenvalue weighted by Gasteiger charge is 2.26. The molecule has 0 radical (unpaired) electrons. The van der Waals surface area contributed by atoms with Gasteiger partial charge in [0.05, 0.1) is 6.10 Å². The largest absolute Gasteiger partial charge is 0.393 e. The number of nitrogens with one attached hydrogen (secondary N) is 2. The standard InChI is InChI=1S/C13H24N2O3/c1-10(16)14-6-4-2-3-5-13(18)15-9-11-7-12(17)8-11/h11-12,17H,2-9H2,1H3,(H,14,16)(H,15,18). The van der Waals surface area contributed by atoms with Crippen molar-refractivity contribution in [1.29, 1.82) is 0 Å². The van der Waals surface area contributed by atoms with Crippen LogP contribution in [0.2, 0.25) is 0 Å². The van der Waals surface area contributed by atoms with Crippen LogP contribution in [0, 0.1) is 5.92 Å². The van der Waals surface area contributed by atoms with Crippen molar-refractivity contribution in [3.8, 4) is 0 Å². The molecule has 104 valence electrons. The lowest BCUT2D eigenvalue weighted by Crippen LogP contribution is -2.38. The van der Waals surface area contributed by atoms with E-state index in [1.165, 1.54) is 6.92 Å². The van der Waals surface area contributed by atoms with Crippen LogP contribution in [0.15, 0.2) is 0 Å². The second kappa shape index (κ2) is 8.08. The van der Waals surface area contributed by atoms with E-state index in [0.717, 1.165) is 32.1 Å². The van der Waals surface area contributed by atoms with Crippen LogP contribution in [0.3, 0.4) is 0 Å². The molecule has 0 heterocycles. The second-order valence-corrected chi connectivity index (χ2v) is 5.09. The Hall–Kier alpha value is -1.10. The SMILES string of the molecule is CC(=O)NCCCCCC(=O)NCC1CC(O)C1. The van der Waals surface area contributed by atoms with Gasteiger partial charge < -0.3 is 15.7 Å². The summed E-state index contributed by atoms with van der Waals surface area (Å²) in [5, 5.41) is 14.7. The molecule has 0 spiro atoms. The molecular weight excluding hydrogens is 232 g/mol. The first-order valence-electron chi connectivity index (χ1n) is 6.77. The van der Waals surface area contributed by atoms with Crippen LogP contribution in [-0.2, 0) is 9.59 Å². The van der Waals surface area contributed by atoms with Crippen molar-refractivity contribution >= 4 is 11.8 Å². The third-order valence-electron chi connectivity index (χ3n) is 3.25. The first-order valence-corrected chi connectivity index (χ1v) is 6.77.